The zero-order chi connectivity index (χ0) is 21.1. The summed E-state index contributed by atoms with van der Waals surface area (Å²) in [5.74, 6) is 0.500. The summed E-state index contributed by atoms with van der Waals surface area (Å²) in [6.07, 6.45) is 0. The third kappa shape index (κ3) is 4.57. The van der Waals surface area contributed by atoms with Crippen molar-refractivity contribution in [2.24, 2.45) is 7.05 Å². The minimum absolute atomic E-state index is 0.156. The average Bonchev–Trinajstić information content (AvgIpc) is 3.34. The van der Waals surface area contributed by atoms with Gasteiger partial charge in [-0.15, -0.1) is 10.2 Å². The van der Waals surface area contributed by atoms with Crippen LogP contribution in [0, 0.1) is 5.82 Å². The van der Waals surface area contributed by atoms with Gasteiger partial charge in [0.25, 0.3) is 5.89 Å². The summed E-state index contributed by atoms with van der Waals surface area (Å²) in [6.45, 7) is 0. The number of nitrogens with zero attached hydrogens (tertiary/aromatic N) is 5. The fourth-order valence-corrected chi connectivity index (χ4v) is 3.66. The molecule has 0 aliphatic rings. The first kappa shape index (κ1) is 20.2. The SMILES string of the molecule is Cn1c(SCC(=O)Nc2cccc(Br)c2)nnc1-c1nc(-c2ccc(F)cc2)no1. The highest BCUT2D eigenvalue weighted by Crippen LogP contribution is 2.24. The smallest absolute Gasteiger partial charge is 0.296 e. The van der Waals surface area contributed by atoms with Gasteiger partial charge in [-0.25, -0.2) is 4.39 Å². The molecule has 0 aliphatic heterocycles. The summed E-state index contributed by atoms with van der Waals surface area (Å²) in [5, 5.41) is 15.4. The standard InChI is InChI=1S/C19H14BrFN6O2S/c1-27-17(18-23-16(26-29-18)11-5-7-13(21)8-6-11)24-25-19(27)30-10-15(28)22-14-4-2-3-12(20)9-14/h2-9H,10H2,1H3,(H,22,28). The van der Waals surface area contributed by atoms with Gasteiger partial charge >= 0.3 is 0 Å². The fourth-order valence-electron chi connectivity index (χ4n) is 2.55. The fraction of sp³-hybridized carbons (Fsp3) is 0.105. The third-order valence-electron chi connectivity index (χ3n) is 4.00. The van der Waals surface area contributed by atoms with Crippen molar-refractivity contribution in [1.82, 2.24) is 24.9 Å². The van der Waals surface area contributed by atoms with Crippen LogP contribution in [0.25, 0.3) is 23.1 Å². The van der Waals surface area contributed by atoms with E-state index >= 15 is 0 Å². The Morgan fingerprint density at radius 2 is 2.03 bits per heavy atom. The molecular weight excluding hydrogens is 475 g/mol. The molecule has 0 unspecified atom stereocenters. The number of amides is 1. The largest absolute Gasteiger partial charge is 0.330 e. The summed E-state index contributed by atoms with van der Waals surface area (Å²) in [4.78, 5) is 16.5. The molecule has 2 aromatic heterocycles. The molecule has 30 heavy (non-hydrogen) atoms. The molecule has 4 rings (SSSR count). The number of nitrogens with one attached hydrogen (secondary N) is 1. The number of hydrogen-bond donors (Lipinski definition) is 1. The second-order valence-electron chi connectivity index (χ2n) is 6.14. The zero-order valence-corrected chi connectivity index (χ0v) is 17.9. The number of halogens is 2. The molecule has 0 saturated carbocycles. The van der Waals surface area contributed by atoms with Crippen LogP contribution in [0.3, 0.4) is 0 Å². The molecule has 4 aromatic rings. The number of aromatic nitrogens is 5. The van der Waals surface area contributed by atoms with Gasteiger partial charge in [-0.05, 0) is 42.5 Å². The number of anilines is 1. The Morgan fingerprint density at radius 1 is 1.23 bits per heavy atom. The van der Waals surface area contributed by atoms with Crippen molar-refractivity contribution in [2.75, 3.05) is 11.1 Å². The van der Waals surface area contributed by atoms with E-state index in [1.165, 1.54) is 23.9 Å². The van der Waals surface area contributed by atoms with Crippen LogP contribution in [0.1, 0.15) is 0 Å². The first-order valence-corrected chi connectivity index (χ1v) is 10.4. The Kier molecular flexibility index (Phi) is 5.91. The van der Waals surface area contributed by atoms with Crippen LogP contribution in [0.15, 0.2) is 62.7 Å². The highest BCUT2D eigenvalue weighted by atomic mass is 79.9. The second kappa shape index (κ2) is 8.76. The number of hydrogen-bond acceptors (Lipinski definition) is 7. The first-order chi connectivity index (χ1) is 14.5. The lowest BCUT2D eigenvalue weighted by molar-refractivity contribution is -0.113. The van der Waals surface area contributed by atoms with Crippen LogP contribution in [-0.4, -0.2) is 36.6 Å². The van der Waals surface area contributed by atoms with Crippen molar-refractivity contribution in [3.05, 3.63) is 58.8 Å². The van der Waals surface area contributed by atoms with E-state index in [0.29, 0.717) is 28.1 Å². The Hall–Kier alpha value is -3.05. The predicted molar refractivity (Wildman–Crippen MR) is 113 cm³/mol. The summed E-state index contributed by atoms with van der Waals surface area (Å²) in [6, 6.07) is 13.1. The molecule has 0 aliphatic carbocycles. The summed E-state index contributed by atoms with van der Waals surface area (Å²) in [7, 11) is 1.74. The lowest BCUT2D eigenvalue weighted by Crippen LogP contribution is -2.14. The molecule has 0 atom stereocenters. The minimum Gasteiger partial charge on any atom is -0.330 e. The van der Waals surface area contributed by atoms with E-state index in [1.807, 2.05) is 24.3 Å². The maximum absolute atomic E-state index is 13.1. The van der Waals surface area contributed by atoms with Gasteiger partial charge in [0.2, 0.25) is 17.6 Å². The van der Waals surface area contributed by atoms with Crippen molar-refractivity contribution in [3.8, 4) is 23.1 Å². The van der Waals surface area contributed by atoms with Gasteiger partial charge in [-0.1, -0.05) is 38.9 Å². The van der Waals surface area contributed by atoms with E-state index in [2.05, 4.69) is 41.6 Å². The Balaban J connectivity index is 1.42. The van der Waals surface area contributed by atoms with Crippen LogP contribution in [0.4, 0.5) is 10.1 Å². The van der Waals surface area contributed by atoms with E-state index < -0.39 is 0 Å². The van der Waals surface area contributed by atoms with Gasteiger partial charge in [0.15, 0.2) is 5.16 Å². The average molecular weight is 489 g/mol. The van der Waals surface area contributed by atoms with Crippen molar-refractivity contribution >= 4 is 39.3 Å². The van der Waals surface area contributed by atoms with Gasteiger partial charge in [-0.3, -0.25) is 4.79 Å². The lowest BCUT2D eigenvalue weighted by atomic mass is 10.2. The molecule has 2 aromatic carbocycles. The van der Waals surface area contributed by atoms with E-state index in [1.54, 1.807) is 23.7 Å². The Labute approximate surface area is 183 Å². The van der Waals surface area contributed by atoms with Crippen LogP contribution in [0.2, 0.25) is 0 Å². The molecule has 0 radical (unpaired) electrons. The van der Waals surface area contributed by atoms with Gasteiger partial charge in [0.1, 0.15) is 5.82 Å². The van der Waals surface area contributed by atoms with E-state index in [0.717, 1.165) is 4.47 Å². The molecule has 0 spiro atoms. The molecule has 1 amide bonds. The van der Waals surface area contributed by atoms with Crippen molar-refractivity contribution < 1.29 is 13.7 Å². The Bertz CT molecular complexity index is 1190. The number of benzene rings is 2. The van der Waals surface area contributed by atoms with Crippen LogP contribution in [-0.2, 0) is 11.8 Å². The predicted octanol–water partition coefficient (Wildman–Crippen LogP) is 4.16. The van der Waals surface area contributed by atoms with Gasteiger partial charge in [-0.2, -0.15) is 4.98 Å². The summed E-state index contributed by atoms with van der Waals surface area (Å²) < 4.78 is 20.9. The number of thioether (sulfide) groups is 1. The van der Waals surface area contributed by atoms with E-state index in [9.17, 15) is 9.18 Å². The Morgan fingerprint density at radius 3 is 2.80 bits per heavy atom. The highest BCUT2D eigenvalue weighted by Gasteiger charge is 2.19. The minimum atomic E-state index is -0.346. The van der Waals surface area contributed by atoms with Crippen molar-refractivity contribution in [1.29, 1.82) is 0 Å². The molecule has 2 heterocycles. The topological polar surface area (TPSA) is 98.7 Å². The monoisotopic (exact) mass is 488 g/mol. The maximum Gasteiger partial charge on any atom is 0.296 e. The molecule has 0 bridgehead atoms. The van der Waals surface area contributed by atoms with Gasteiger partial charge in [0, 0.05) is 22.8 Å². The molecule has 11 heteroatoms. The second-order valence-corrected chi connectivity index (χ2v) is 8.00. The van der Waals surface area contributed by atoms with Gasteiger partial charge in [0.05, 0.1) is 5.75 Å². The zero-order valence-electron chi connectivity index (χ0n) is 15.5. The van der Waals surface area contributed by atoms with E-state index in [4.69, 9.17) is 4.52 Å². The lowest BCUT2D eigenvalue weighted by Gasteiger charge is -2.05. The number of carbonyl (C=O) groups is 1. The van der Waals surface area contributed by atoms with Crippen LogP contribution in [0.5, 0.6) is 0 Å². The highest BCUT2D eigenvalue weighted by molar-refractivity contribution is 9.10. The van der Waals surface area contributed by atoms with Crippen LogP contribution < -0.4 is 5.32 Å². The van der Waals surface area contributed by atoms with E-state index in [-0.39, 0.29) is 23.4 Å². The van der Waals surface area contributed by atoms with Crippen molar-refractivity contribution in [2.45, 2.75) is 5.16 Å². The number of rotatable bonds is 6. The summed E-state index contributed by atoms with van der Waals surface area (Å²) in [5.41, 5.74) is 1.32. The van der Waals surface area contributed by atoms with Crippen molar-refractivity contribution in [3.63, 3.8) is 0 Å². The molecule has 8 nitrogen and oxygen atoms in total. The first-order valence-electron chi connectivity index (χ1n) is 8.67. The molecule has 0 fully saturated rings. The summed E-state index contributed by atoms with van der Waals surface area (Å²) >= 11 is 4.60. The molecule has 152 valence electrons. The normalized spacial score (nSPS) is 10.9. The maximum atomic E-state index is 13.1. The van der Waals surface area contributed by atoms with Crippen LogP contribution >= 0.6 is 27.7 Å². The molecule has 1 N–H and O–H groups in total. The number of carbonyl (C=O) groups excluding carboxylic acids is 1. The molecular formula is C19H14BrFN6O2S. The molecule has 0 saturated heterocycles. The van der Waals surface area contributed by atoms with Gasteiger partial charge < -0.3 is 14.4 Å². The quantitative estimate of drug-likeness (QED) is 0.406. The third-order valence-corrected chi connectivity index (χ3v) is 5.51.